The molecule has 0 fully saturated rings. The molecule has 0 radical (unpaired) electrons. The maximum absolute atomic E-state index is 11.0. The van der Waals surface area contributed by atoms with Gasteiger partial charge in [-0.15, -0.1) is 11.8 Å². The average Bonchev–Trinajstić information content (AvgIpc) is 2.16. The maximum Gasteiger partial charge on any atom is 0.251 e. The molecule has 3 nitrogen and oxygen atoms in total. The minimum Gasteiger partial charge on any atom is -0.272 e. The van der Waals surface area contributed by atoms with Gasteiger partial charge in [-0.3, -0.25) is 4.79 Å². The van der Waals surface area contributed by atoms with Gasteiger partial charge >= 0.3 is 0 Å². The molecule has 0 aromatic carbocycles. The fourth-order valence-electron chi connectivity index (χ4n) is 1.20. The smallest absolute Gasteiger partial charge is 0.251 e. The molecule has 2 rings (SSSR count). The molecule has 0 unspecified atom stereocenters. The lowest BCUT2D eigenvalue weighted by molar-refractivity contribution is -0.117. The highest BCUT2D eigenvalue weighted by Crippen LogP contribution is 2.16. The zero-order valence-electron chi connectivity index (χ0n) is 7.15. The van der Waals surface area contributed by atoms with Crippen LogP contribution < -0.4 is 0 Å². The van der Waals surface area contributed by atoms with Crippen molar-refractivity contribution in [2.45, 2.75) is 11.4 Å². The van der Waals surface area contributed by atoms with E-state index in [2.05, 4.69) is 9.98 Å². The average molecular weight is 192 g/mol. The van der Waals surface area contributed by atoms with Crippen LogP contribution in [-0.4, -0.2) is 23.4 Å². The van der Waals surface area contributed by atoms with Crippen LogP contribution in [0.1, 0.15) is 11.3 Å². The van der Waals surface area contributed by atoms with Crippen molar-refractivity contribution in [2.75, 3.05) is 6.26 Å². The van der Waals surface area contributed by atoms with Crippen LogP contribution in [0.2, 0.25) is 0 Å². The van der Waals surface area contributed by atoms with Crippen molar-refractivity contribution in [3.63, 3.8) is 0 Å². The number of carbonyl (C=O) groups excluding carboxylic acids is 1. The number of hydrogen-bond acceptors (Lipinski definition) is 3. The number of thioether (sulfide) groups is 1. The van der Waals surface area contributed by atoms with Crippen molar-refractivity contribution in [3.8, 4) is 0 Å². The zero-order chi connectivity index (χ0) is 9.26. The summed E-state index contributed by atoms with van der Waals surface area (Å²) in [6, 6.07) is 3.88. The Labute approximate surface area is 80.3 Å². The molecule has 66 valence electrons. The van der Waals surface area contributed by atoms with Crippen molar-refractivity contribution >= 4 is 23.9 Å². The second kappa shape index (κ2) is 3.30. The van der Waals surface area contributed by atoms with Crippen molar-refractivity contribution in [2.24, 2.45) is 4.99 Å². The second-order valence-corrected chi connectivity index (χ2v) is 3.54. The van der Waals surface area contributed by atoms with E-state index in [4.69, 9.17) is 0 Å². The third-order valence-electron chi connectivity index (χ3n) is 1.86. The molecule has 1 aromatic rings. The Kier molecular flexibility index (Phi) is 2.14. The number of amides is 1. The van der Waals surface area contributed by atoms with Crippen LogP contribution in [-0.2, 0) is 11.2 Å². The Morgan fingerprint density at radius 2 is 2.31 bits per heavy atom. The van der Waals surface area contributed by atoms with E-state index in [0.29, 0.717) is 6.42 Å². The van der Waals surface area contributed by atoms with Crippen LogP contribution >= 0.6 is 11.8 Å². The number of pyridine rings is 1. The minimum absolute atomic E-state index is 0.113. The Hall–Kier alpha value is -1.16. The summed E-state index contributed by atoms with van der Waals surface area (Å²) < 4.78 is 0. The van der Waals surface area contributed by atoms with Gasteiger partial charge in [0.25, 0.3) is 5.91 Å². The van der Waals surface area contributed by atoms with E-state index in [9.17, 15) is 4.79 Å². The highest BCUT2D eigenvalue weighted by Gasteiger charge is 2.12. The molecule has 1 amide bonds. The summed E-state index contributed by atoms with van der Waals surface area (Å²) in [6.07, 6.45) is 3.88. The summed E-state index contributed by atoms with van der Waals surface area (Å²) in [4.78, 5) is 19.0. The first-order chi connectivity index (χ1) is 6.29. The summed E-state index contributed by atoms with van der Waals surface area (Å²) in [5.41, 5.74) is 1.80. The minimum atomic E-state index is -0.113. The molecule has 0 saturated heterocycles. The first-order valence-corrected chi connectivity index (χ1v) is 5.13. The summed E-state index contributed by atoms with van der Waals surface area (Å²) in [7, 11) is 0. The maximum atomic E-state index is 11.0. The molecule has 1 aromatic heterocycles. The highest BCUT2D eigenvalue weighted by atomic mass is 32.2. The molecule has 1 aliphatic heterocycles. The quantitative estimate of drug-likeness (QED) is 0.630. The number of fused-ring (bicyclic) bond motifs is 1. The molecule has 0 saturated carbocycles. The van der Waals surface area contributed by atoms with E-state index < -0.39 is 0 Å². The van der Waals surface area contributed by atoms with Crippen molar-refractivity contribution in [1.82, 2.24) is 4.98 Å². The highest BCUT2D eigenvalue weighted by molar-refractivity contribution is 7.98. The first-order valence-electron chi connectivity index (χ1n) is 3.90. The molecule has 0 N–H and O–H groups in total. The lowest BCUT2D eigenvalue weighted by atomic mass is 10.1. The van der Waals surface area contributed by atoms with Crippen molar-refractivity contribution in [3.05, 3.63) is 23.4 Å². The SMILES string of the molecule is CSc1ccc2c(n1)CC(=O)N=C2. The van der Waals surface area contributed by atoms with Crippen LogP contribution in [0.3, 0.4) is 0 Å². The van der Waals surface area contributed by atoms with E-state index in [1.807, 2.05) is 18.4 Å². The van der Waals surface area contributed by atoms with E-state index in [1.165, 1.54) is 0 Å². The number of hydrogen-bond donors (Lipinski definition) is 0. The standard InChI is InChI=1S/C9H8N2OS/c1-13-9-3-2-6-5-10-8(12)4-7(6)11-9/h2-3,5H,4H2,1H3. The Bertz CT molecular complexity index is 387. The lowest BCUT2D eigenvalue weighted by Gasteiger charge is -2.08. The Balaban J connectivity index is 2.46. The van der Waals surface area contributed by atoms with Gasteiger partial charge in [-0.2, -0.15) is 0 Å². The van der Waals surface area contributed by atoms with E-state index in [0.717, 1.165) is 16.3 Å². The second-order valence-electron chi connectivity index (χ2n) is 2.72. The summed E-state index contributed by atoms with van der Waals surface area (Å²) in [6.45, 7) is 0. The van der Waals surface area contributed by atoms with E-state index in [-0.39, 0.29) is 5.91 Å². The topological polar surface area (TPSA) is 42.3 Å². The van der Waals surface area contributed by atoms with Crippen LogP contribution in [0, 0.1) is 0 Å². The van der Waals surface area contributed by atoms with Gasteiger partial charge < -0.3 is 0 Å². The normalized spacial score (nSPS) is 14.4. The molecule has 1 aliphatic rings. The van der Waals surface area contributed by atoms with Gasteiger partial charge in [0, 0.05) is 11.8 Å². The van der Waals surface area contributed by atoms with Crippen molar-refractivity contribution in [1.29, 1.82) is 0 Å². The summed E-state index contributed by atoms with van der Waals surface area (Å²) >= 11 is 1.58. The monoisotopic (exact) mass is 192 g/mol. The van der Waals surface area contributed by atoms with Gasteiger partial charge in [0.2, 0.25) is 0 Å². The number of nitrogens with zero attached hydrogens (tertiary/aromatic N) is 2. The molecule has 2 heterocycles. The number of aromatic nitrogens is 1. The lowest BCUT2D eigenvalue weighted by Crippen LogP contribution is -2.10. The zero-order valence-corrected chi connectivity index (χ0v) is 7.97. The van der Waals surface area contributed by atoms with Crippen LogP contribution in [0.25, 0.3) is 0 Å². The molecular weight excluding hydrogens is 184 g/mol. The number of aliphatic imine (C=N–C) groups is 1. The summed E-state index contributed by atoms with van der Waals surface area (Å²) in [5.74, 6) is -0.113. The first kappa shape index (κ1) is 8.44. The Morgan fingerprint density at radius 1 is 1.46 bits per heavy atom. The van der Waals surface area contributed by atoms with Gasteiger partial charge in [0.15, 0.2) is 0 Å². The predicted molar refractivity (Wildman–Crippen MR) is 52.3 cm³/mol. The van der Waals surface area contributed by atoms with Gasteiger partial charge in [0.05, 0.1) is 17.1 Å². The van der Waals surface area contributed by atoms with Crippen LogP contribution in [0.4, 0.5) is 0 Å². The largest absolute Gasteiger partial charge is 0.272 e. The van der Waals surface area contributed by atoms with Crippen molar-refractivity contribution < 1.29 is 4.79 Å². The molecular formula is C9H8N2OS. The number of rotatable bonds is 1. The predicted octanol–water partition coefficient (Wildman–Crippen LogP) is 1.31. The fraction of sp³-hybridized carbons (Fsp3) is 0.222. The Morgan fingerprint density at radius 3 is 3.08 bits per heavy atom. The molecule has 4 heteroatoms. The van der Waals surface area contributed by atoms with Gasteiger partial charge in [-0.1, -0.05) is 0 Å². The molecule has 13 heavy (non-hydrogen) atoms. The van der Waals surface area contributed by atoms with Crippen LogP contribution in [0.15, 0.2) is 22.2 Å². The summed E-state index contributed by atoms with van der Waals surface area (Å²) in [5, 5.41) is 0.946. The molecule has 0 spiro atoms. The van der Waals surface area contributed by atoms with E-state index in [1.54, 1.807) is 18.0 Å². The van der Waals surface area contributed by atoms with Gasteiger partial charge in [-0.05, 0) is 18.4 Å². The van der Waals surface area contributed by atoms with Crippen LogP contribution in [0.5, 0.6) is 0 Å². The molecule has 0 bridgehead atoms. The van der Waals surface area contributed by atoms with Gasteiger partial charge in [-0.25, -0.2) is 9.98 Å². The third-order valence-corrected chi connectivity index (χ3v) is 2.50. The van der Waals surface area contributed by atoms with E-state index >= 15 is 0 Å². The molecule has 0 aliphatic carbocycles. The number of carbonyl (C=O) groups is 1. The molecule has 0 atom stereocenters. The third kappa shape index (κ3) is 1.62. The van der Waals surface area contributed by atoms with Gasteiger partial charge in [0.1, 0.15) is 0 Å². The fourth-order valence-corrected chi connectivity index (χ4v) is 1.60.